The Morgan fingerprint density at radius 1 is 1.45 bits per heavy atom. The summed E-state index contributed by atoms with van der Waals surface area (Å²) in [4.78, 5) is 27.7. The van der Waals surface area contributed by atoms with E-state index in [1.54, 1.807) is 6.20 Å². The monoisotopic (exact) mass is 303 g/mol. The molecule has 0 saturated heterocycles. The number of nitrogens with zero attached hydrogens (tertiary/aromatic N) is 2. The van der Waals surface area contributed by atoms with E-state index in [0.29, 0.717) is 12.1 Å². The maximum Gasteiger partial charge on any atom is 0.326 e. The molecule has 0 saturated carbocycles. The van der Waals surface area contributed by atoms with Crippen molar-refractivity contribution in [1.29, 1.82) is 0 Å². The molecule has 0 aliphatic carbocycles. The lowest BCUT2D eigenvalue weighted by Crippen LogP contribution is -2.45. The Hall–Kier alpha value is -2.37. The molecule has 0 aliphatic rings. The molecule has 6 nitrogen and oxygen atoms in total. The molecular weight excluding hydrogens is 282 g/mol. The van der Waals surface area contributed by atoms with E-state index in [9.17, 15) is 14.7 Å². The van der Waals surface area contributed by atoms with Gasteiger partial charge in [0.25, 0.3) is 0 Å². The average Bonchev–Trinajstić information content (AvgIpc) is 2.87. The van der Waals surface area contributed by atoms with Gasteiger partial charge < -0.3 is 14.8 Å². The van der Waals surface area contributed by atoms with Gasteiger partial charge in [0.05, 0.1) is 12.1 Å². The van der Waals surface area contributed by atoms with E-state index in [1.807, 2.05) is 43.5 Å². The lowest BCUT2D eigenvalue weighted by Gasteiger charge is -2.19. The molecular formula is C16H21N3O3. The van der Waals surface area contributed by atoms with Gasteiger partial charge in [0, 0.05) is 12.4 Å². The van der Waals surface area contributed by atoms with Gasteiger partial charge in [0.15, 0.2) is 0 Å². The first-order chi connectivity index (χ1) is 10.4. The Balaban J connectivity index is 2.10. The highest BCUT2D eigenvalue weighted by molar-refractivity contribution is 5.84. The van der Waals surface area contributed by atoms with E-state index < -0.39 is 12.0 Å². The van der Waals surface area contributed by atoms with E-state index in [1.165, 1.54) is 0 Å². The molecule has 0 bridgehead atoms. The highest BCUT2D eigenvalue weighted by Crippen LogP contribution is 2.11. The van der Waals surface area contributed by atoms with E-state index in [2.05, 4.69) is 10.3 Å². The number of fused-ring (bicyclic) bond motifs is 1. The van der Waals surface area contributed by atoms with Crippen LogP contribution in [0.3, 0.4) is 0 Å². The van der Waals surface area contributed by atoms with Crippen LogP contribution in [0.2, 0.25) is 0 Å². The quantitative estimate of drug-likeness (QED) is 0.852. The molecule has 0 aromatic carbocycles. The van der Waals surface area contributed by atoms with Crippen molar-refractivity contribution in [1.82, 2.24) is 14.7 Å². The molecule has 0 radical (unpaired) electrons. The summed E-state index contributed by atoms with van der Waals surface area (Å²) in [5, 5.41) is 11.8. The van der Waals surface area contributed by atoms with Gasteiger partial charge in [-0.1, -0.05) is 26.3 Å². The standard InChI is InChI=1S/C16H21N3O3/c1-4-10(2)14(16(21)22)18-13(20)8-12-9-19-7-5-6-11(3)15(19)17-12/h5-7,9-10,14H,4,8H2,1-3H3,(H,18,20)(H,21,22). The van der Waals surface area contributed by atoms with Gasteiger partial charge >= 0.3 is 5.97 Å². The second-order valence-corrected chi connectivity index (χ2v) is 5.60. The summed E-state index contributed by atoms with van der Waals surface area (Å²) in [5.41, 5.74) is 2.46. The lowest BCUT2D eigenvalue weighted by molar-refractivity contribution is -0.143. The van der Waals surface area contributed by atoms with Gasteiger partial charge in [0.2, 0.25) is 5.91 Å². The van der Waals surface area contributed by atoms with Crippen molar-refractivity contribution in [3.8, 4) is 0 Å². The predicted molar refractivity (Wildman–Crippen MR) is 82.7 cm³/mol. The summed E-state index contributed by atoms with van der Waals surface area (Å²) in [5.74, 6) is -1.45. The van der Waals surface area contributed by atoms with Crippen LogP contribution < -0.4 is 5.32 Å². The molecule has 0 fully saturated rings. The molecule has 22 heavy (non-hydrogen) atoms. The molecule has 6 heteroatoms. The number of rotatable bonds is 6. The number of carbonyl (C=O) groups is 2. The maximum atomic E-state index is 12.1. The zero-order chi connectivity index (χ0) is 16.3. The van der Waals surface area contributed by atoms with Crippen molar-refractivity contribution in [2.24, 2.45) is 5.92 Å². The molecule has 2 N–H and O–H groups in total. The van der Waals surface area contributed by atoms with Crippen LogP contribution in [0, 0.1) is 12.8 Å². The normalized spacial score (nSPS) is 13.8. The Morgan fingerprint density at radius 3 is 2.77 bits per heavy atom. The number of carboxylic acid groups (broad SMARTS) is 1. The molecule has 0 aliphatic heterocycles. The van der Waals surface area contributed by atoms with Crippen LogP contribution in [-0.2, 0) is 16.0 Å². The minimum absolute atomic E-state index is 0.0708. The Morgan fingerprint density at radius 2 is 2.18 bits per heavy atom. The summed E-state index contributed by atoms with van der Waals surface area (Å²) in [6.07, 6.45) is 4.42. The van der Waals surface area contributed by atoms with Gasteiger partial charge in [-0.3, -0.25) is 4.79 Å². The van der Waals surface area contributed by atoms with Crippen molar-refractivity contribution in [3.63, 3.8) is 0 Å². The summed E-state index contributed by atoms with van der Waals surface area (Å²) < 4.78 is 1.86. The number of hydrogen-bond acceptors (Lipinski definition) is 3. The summed E-state index contributed by atoms with van der Waals surface area (Å²) in [6.45, 7) is 5.67. The topological polar surface area (TPSA) is 83.7 Å². The number of carboxylic acids is 1. The molecule has 1 amide bonds. The van der Waals surface area contributed by atoms with Crippen LogP contribution in [-0.4, -0.2) is 32.4 Å². The third kappa shape index (κ3) is 3.44. The largest absolute Gasteiger partial charge is 0.480 e. The molecule has 0 spiro atoms. The van der Waals surface area contributed by atoms with Gasteiger partial charge in [-0.15, -0.1) is 0 Å². The van der Waals surface area contributed by atoms with Crippen molar-refractivity contribution in [2.75, 3.05) is 0 Å². The lowest BCUT2D eigenvalue weighted by atomic mass is 9.99. The van der Waals surface area contributed by atoms with E-state index >= 15 is 0 Å². The fourth-order valence-electron chi connectivity index (χ4n) is 2.36. The number of amides is 1. The number of nitrogens with one attached hydrogen (secondary N) is 1. The third-order valence-electron chi connectivity index (χ3n) is 3.86. The van der Waals surface area contributed by atoms with E-state index in [0.717, 1.165) is 11.2 Å². The van der Waals surface area contributed by atoms with Crippen molar-refractivity contribution < 1.29 is 14.7 Å². The number of aryl methyl sites for hydroxylation is 1. The van der Waals surface area contributed by atoms with E-state index in [-0.39, 0.29) is 18.2 Å². The predicted octanol–water partition coefficient (Wildman–Crippen LogP) is 1.80. The average molecular weight is 303 g/mol. The Kier molecular flexibility index (Phi) is 4.80. The van der Waals surface area contributed by atoms with Crippen molar-refractivity contribution in [3.05, 3.63) is 35.8 Å². The zero-order valence-corrected chi connectivity index (χ0v) is 13.0. The number of aromatic nitrogens is 2. The third-order valence-corrected chi connectivity index (χ3v) is 3.86. The molecule has 2 unspecified atom stereocenters. The molecule has 2 rings (SSSR count). The second kappa shape index (κ2) is 6.60. The molecule has 2 aromatic heterocycles. The summed E-state index contributed by atoms with van der Waals surface area (Å²) >= 11 is 0. The van der Waals surface area contributed by atoms with Crippen LogP contribution >= 0.6 is 0 Å². The van der Waals surface area contributed by atoms with Crippen molar-refractivity contribution in [2.45, 2.75) is 39.7 Å². The summed E-state index contributed by atoms with van der Waals surface area (Å²) in [7, 11) is 0. The van der Waals surface area contributed by atoms with Crippen LogP contribution in [0.1, 0.15) is 31.5 Å². The Bertz CT molecular complexity index is 693. The number of imidazole rings is 1. The van der Waals surface area contributed by atoms with Crippen LogP contribution in [0.4, 0.5) is 0 Å². The molecule has 118 valence electrons. The second-order valence-electron chi connectivity index (χ2n) is 5.60. The molecule has 2 heterocycles. The summed E-state index contributed by atoms with van der Waals surface area (Å²) in [6, 6.07) is 3.00. The minimum atomic E-state index is -1.01. The molecule has 2 atom stereocenters. The van der Waals surface area contributed by atoms with Gasteiger partial charge in [-0.2, -0.15) is 0 Å². The van der Waals surface area contributed by atoms with Crippen molar-refractivity contribution >= 4 is 17.5 Å². The highest BCUT2D eigenvalue weighted by Gasteiger charge is 2.25. The SMILES string of the molecule is CCC(C)C(NC(=O)Cc1cn2cccc(C)c2n1)C(=O)O. The van der Waals surface area contributed by atoms with Gasteiger partial charge in [0.1, 0.15) is 11.7 Å². The fourth-order valence-corrected chi connectivity index (χ4v) is 2.36. The zero-order valence-electron chi connectivity index (χ0n) is 13.0. The number of hydrogen-bond donors (Lipinski definition) is 2. The first-order valence-electron chi connectivity index (χ1n) is 7.37. The van der Waals surface area contributed by atoms with E-state index in [4.69, 9.17) is 0 Å². The van der Waals surface area contributed by atoms with Crippen LogP contribution in [0.25, 0.3) is 5.65 Å². The first-order valence-corrected chi connectivity index (χ1v) is 7.37. The minimum Gasteiger partial charge on any atom is -0.480 e. The Labute approximate surface area is 129 Å². The number of carbonyl (C=O) groups excluding carboxylic acids is 1. The maximum absolute atomic E-state index is 12.1. The fraction of sp³-hybridized carbons (Fsp3) is 0.438. The van der Waals surface area contributed by atoms with Crippen LogP contribution in [0.15, 0.2) is 24.5 Å². The van der Waals surface area contributed by atoms with Crippen LogP contribution in [0.5, 0.6) is 0 Å². The van der Waals surface area contributed by atoms with Gasteiger partial charge in [-0.25, -0.2) is 9.78 Å². The molecule has 2 aromatic rings. The highest BCUT2D eigenvalue weighted by atomic mass is 16.4. The first kappa shape index (κ1) is 16.0. The number of pyridine rings is 1. The van der Waals surface area contributed by atoms with Gasteiger partial charge in [-0.05, 0) is 24.5 Å². The number of aliphatic carboxylic acids is 1. The smallest absolute Gasteiger partial charge is 0.326 e.